The molecule has 1 aliphatic carbocycles. The SMILES string of the molecule is OC1=[C]([Fe+2])CC=C1.[H-].[H-]. The van der Waals surface area contributed by atoms with E-state index in [0.29, 0.717) is 5.76 Å². The van der Waals surface area contributed by atoms with Gasteiger partial charge >= 0.3 is 49.9 Å². The zero-order chi connectivity index (χ0) is 5.28. The van der Waals surface area contributed by atoms with Crippen molar-refractivity contribution >= 4 is 0 Å². The third-order valence-electron chi connectivity index (χ3n) is 0.839. The van der Waals surface area contributed by atoms with Crippen LogP contribution in [0.3, 0.4) is 0 Å². The summed E-state index contributed by atoms with van der Waals surface area (Å²) in [5.41, 5.74) is 0. The number of hydrogen-bond acceptors (Lipinski definition) is 1. The molecule has 0 atom stereocenters. The maximum absolute atomic E-state index is 8.73. The van der Waals surface area contributed by atoms with Crippen molar-refractivity contribution in [3.8, 4) is 0 Å². The molecule has 0 amide bonds. The summed E-state index contributed by atoms with van der Waals surface area (Å²) in [5.74, 6) is 0.333. The molecule has 0 radical (unpaired) electrons. The van der Waals surface area contributed by atoms with Crippen molar-refractivity contribution in [3.63, 3.8) is 0 Å². The summed E-state index contributed by atoms with van der Waals surface area (Å²) in [5, 5.41) is 8.73. The van der Waals surface area contributed by atoms with Crippen molar-refractivity contribution < 1.29 is 24.0 Å². The Balaban J connectivity index is 0. The molecule has 0 fully saturated rings. The van der Waals surface area contributed by atoms with E-state index in [9.17, 15) is 0 Å². The first kappa shape index (κ1) is 4.95. The molecule has 0 saturated heterocycles. The van der Waals surface area contributed by atoms with E-state index in [2.05, 4.69) is 16.0 Å². The minimum absolute atomic E-state index is 0. The van der Waals surface area contributed by atoms with Gasteiger partial charge in [-0.15, -0.1) is 0 Å². The van der Waals surface area contributed by atoms with E-state index in [1.165, 1.54) is 0 Å². The molecule has 1 nitrogen and oxygen atoms in total. The Morgan fingerprint density at radius 3 is 2.71 bits per heavy atom. The normalized spacial score (nSPS) is 18.9. The molecule has 0 aromatic carbocycles. The molecule has 1 N–H and O–H groups in total. The third-order valence-corrected chi connectivity index (χ3v) is 1.35. The predicted octanol–water partition coefficient (Wildman–Crippen LogP) is 1.49. The zero-order valence-corrected chi connectivity index (χ0v) is 4.77. The molecule has 0 bridgehead atoms. The molecule has 41 valence electrons. The van der Waals surface area contributed by atoms with Crippen LogP contribution in [-0.4, -0.2) is 5.11 Å². The van der Waals surface area contributed by atoms with Crippen molar-refractivity contribution in [2.45, 2.75) is 6.42 Å². The largest absolute Gasteiger partial charge is 1.00 e. The van der Waals surface area contributed by atoms with Crippen LogP contribution in [0.15, 0.2) is 22.4 Å². The Morgan fingerprint density at radius 1 is 1.86 bits per heavy atom. The summed E-state index contributed by atoms with van der Waals surface area (Å²) in [6.45, 7) is 0. The van der Waals surface area contributed by atoms with Crippen LogP contribution in [0.5, 0.6) is 0 Å². The maximum Gasteiger partial charge on any atom is -1.00 e. The molecule has 0 aromatic heterocycles. The summed E-state index contributed by atoms with van der Waals surface area (Å²) in [6.07, 6.45) is 4.37. The molecule has 7 heavy (non-hydrogen) atoms. The van der Waals surface area contributed by atoms with E-state index in [-0.39, 0.29) is 2.85 Å². The van der Waals surface area contributed by atoms with Crippen molar-refractivity contribution in [1.82, 2.24) is 0 Å². The van der Waals surface area contributed by atoms with Crippen LogP contribution in [0.25, 0.3) is 0 Å². The van der Waals surface area contributed by atoms with Crippen molar-refractivity contribution in [3.05, 3.63) is 22.4 Å². The van der Waals surface area contributed by atoms with E-state index in [1.807, 2.05) is 6.08 Å². The maximum atomic E-state index is 8.73. The second-order valence-electron chi connectivity index (χ2n) is 1.38. The van der Waals surface area contributed by atoms with Crippen LogP contribution in [-0.2, 0) is 16.0 Å². The molecule has 0 unspecified atom stereocenters. The Morgan fingerprint density at radius 2 is 2.57 bits per heavy atom. The van der Waals surface area contributed by atoms with Gasteiger partial charge in [0.25, 0.3) is 0 Å². The van der Waals surface area contributed by atoms with Gasteiger partial charge in [0.2, 0.25) is 0 Å². The van der Waals surface area contributed by atoms with E-state index in [1.54, 1.807) is 6.08 Å². The number of aliphatic hydroxyl groups excluding tert-OH is 1. The van der Waals surface area contributed by atoms with E-state index in [4.69, 9.17) is 5.11 Å². The second kappa shape index (κ2) is 1.73. The minimum Gasteiger partial charge on any atom is -1.00 e. The Kier molecular flexibility index (Phi) is 1.22. The Bertz CT molecular complexity index is 142. The first-order valence-corrected chi connectivity index (χ1v) is 2.59. The van der Waals surface area contributed by atoms with Gasteiger partial charge in [0.15, 0.2) is 0 Å². The summed E-state index contributed by atoms with van der Waals surface area (Å²) in [6, 6.07) is 0. The van der Waals surface area contributed by atoms with Crippen molar-refractivity contribution in [2.24, 2.45) is 0 Å². The molecule has 1 rings (SSSR count). The van der Waals surface area contributed by atoms with Crippen LogP contribution < -0.4 is 0 Å². The summed E-state index contributed by atoms with van der Waals surface area (Å²) in [7, 11) is 0. The minimum atomic E-state index is 0. The van der Waals surface area contributed by atoms with Crippen LogP contribution in [0.1, 0.15) is 9.27 Å². The second-order valence-corrected chi connectivity index (χ2v) is 2.05. The molecule has 2 heteroatoms. The topological polar surface area (TPSA) is 20.2 Å². The fourth-order valence-corrected chi connectivity index (χ4v) is 0.686. The number of rotatable bonds is 0. The monoisotopic (exact) mass is 139 g/mol. The van der Waals surface area contributed by atoms with Crippen LogP contribution in [0, 0.1) is 0 Å². The summed E-state index contributed by atoms with van der Waals surface area (Å²) in [4.78, 5) is 0. The van der Waals surface area contributed by atoms with E-state index in [0.717, 1.165) is 10.9 Å². The van der Waals surface area contributed by atoms with Crippen LogP contribution in [0.2, 0.25) is 0 Å². The average molecular weight is 139 g/mol. The molecule has 0 heterocycles. The Hall–Kier alpha value is -0.201. The molecular formula is C5H7FeO. The Labute approximate surface area is 53.5 Å². The first-order chi connectivity index (χ1) is 3.30. The van der Waals surface area contributed by atoms with Gasteiger partial charge in [-0.25, -0.2) is 0 Å². The van der Waals surface area contributed by atoms with Crippen LogP contribution >= 0.6 is 0 Å². The summed E-state index contributed by atoms with van der Waals surface area (Å²) >= 11 is 3.59. The number of allylic oxidation sites excluding steroid dienone is 3. The van der Waals surface area contributed by atoms with Gasteiger partial charge in [-0.3, -0.25) is 0 Å². The van der Waals surface area contributed by atoms with Gasteiger partial charge in [-0.2, -0.15) is 0 Å². The predicted molar refractivity (Wildman–Crippen MR) is 25.6 cm³/mol. The number of hydrogen-bond donors (Lipinski definition) is 1. The molecule has 0 aliphatic heterocycles. The zero-order valence-electron chi connectivity index (χ0n) is 5.66. The molecule has 1 aliphatic rings. The molecule has 0 saturated carbocycles. The molecule has 0 spiro atoms. The standard InChI is InChI=1S/C5H5O.Fe.2H/c6-5-3-1-2-4-5;;;/h1,3,6H,2H2;;;/q;+2;2*-1. The molecule has 0 aromatic rings. The van der Waals surface area contributed by atoms with Gasteiger partial charge < -0.3 is 2.85 Å². The first-order valence-electron chi connectivity index (χ1n) is 2.03. The quantitative estimate of drug-likeness (QED) is 0.504. The van der Waals surface area contributed by atoms with Crippen LogP contribution in [0.4, 0.5) is 0 Å². The fourth-order valence-electron chi connectivity index (χ4n) is 0.464. The van der Waals surface area contributed by atoms with E-state index >= 15 is 0 Å². The molecular weight excluding hydrogens is 132 g/mol. The van der Waals surface area contributed by atoms with Gasteiger partial charge in [0, 0.05) is 0 Å². The third kappa shape index (κ3) is 0.872. The van der Waals surface area contributed by atoms with Crippen molar-refractivity contribution in [1.29, 1.82) is 0 Å². The van der Waals surface area contributed by atoms with Gasteiger partial charge in [-0.1, -0.05) is 0 Å². The fraction of sp³-hybridized carbons (Fsp3) is 0.200. The van der Waals surface area contributed by atoms with Gasteiger partial charge in [-0.05, 0) is 0 Å². The number of aliphatic hydroxyl groups is 1. The summed E-state index contributed by atoms with van der Waals surface area (Å²) < 4.78 is 0.819. The van der Waals surface area contributed by atoms with Gasteiger partial charge in [0.05, 0.1) is 0 Å². The smallest absolute Gasteiger partial charge is 1.00 e. The van der Waals surface area contributed by atoms with Gasteiger partial charge in [0.1, 0.15) is 0 Å². The van der Waals surface area contributed by atoms with Crippen molar-refractivity contribution in [2.75, 3.05) is 0 Å². The van der Waals surface area contributed by atoms with E-state index < -0.39 is 0 Å². The average Bonchev–Trinajstić information content (AvgIpc) is 1.91.